The van der Waals surface area contributed by atoms with Crippen molar-refractivity contribution in [1.82, 2.24) is 0 Å². The van der Waals surface area contributed by atoms with E-state index in [1.165, 1.54) is 0 Å². The fourth-order valence-electron chi connectivity index (χ4n) is 2.38. The van der Waals surface area contributed by atoms with E-state index >= 15 is 0 Å². The minimum Gasteiger partial charge on any atom is -0.325 e. The number of anilines is 2. The molecule has 0 radical (unpaired) electrons. The van der Waals surface area contributed by atoms with Gasteiger partial charge in [-0.1, -0.05) is 22.0 Å². The first-order valence-corrected chi connectivity index (χ1v) is 8.21. The minimum atomic E-state index is -1.02. The van der Waals surface area contributed by atoms with Gasteiger partial charge in [0.15, 0.2) is 0 Å². The van der Waals surface area contributed by atoms with E-state index in [4.69, 9.17) is 5.26 Å². The normalized spacial score (nSPS) is 14.3. The number of amides is 2. The van der Waals surface area contributed by atoms with E-state index in [9.17, 15) is 9.59 Å². The molecule has 0 spiro atoms. The Morgan fingerprint density at radius 3 is 2.17 bits per heavy atom. The van der Waals surface area contributed by atoms with Crippen LogP contribution in [0, 0.1) is 16.7 Å². The lowest BCUT2D eigenvalue weighted by atomic mass is 10.0. The first-order valence-electron chi connectivity index (χ1n) is 7.42. The third kappa shape index (κ3) is 3.31. The molecule has 2 aromatic carbocycles. The predicted octanol–water partition coefficient (Wildman–Crippen LogP) is 3.68. The molecule has 0 heterocycles. The summed E-state index contributed by atoms with van der Waals surface area (Å²) in [6.45, 7) is 0. The first kappa shape index (κ1) is 16.2. The van der Waals surface area contributed by atoms with E-state index in [1.807, 2.05) is 18.2 Å². The summed E-state index contributed by atoms with van der Waals surface area (Å²) in [5.41, 5.74) is 0.713. The van der Waals surface area contributed by atoms with E-state index in [2.05, 4.69) is 26.6 Å². The lowest BCUT2D eigenvalue weighted by Gasteiger charge is -2.15. The van der Waals surface area contributed by atoms with Gasteiger partial charge in [0.1, 0.15) is 5.41 Å². The largest absolute Gasteiger partial charge is 0.325 e. The van der Waals surface area contributed by atoms with Crippen molar-refractivity contribution in [3.63, 3.8) is 0 Å². The zero-order chi connectivity index (χ0) is 17.2. The molecule has 120 valence electrons. The number of hydrogen-bond acceptors (Lipinski definition) is 3. The maximum Gasteiger partial charge on any atom is 0.240 e. The summed E-state index contributed by atoms with van der Waals surface area (Å²) in [5.74, 6) is -0.619. The van der Waals surface area contributed by atoms with Crippen molar-refractivity contribution >= 4 is 39.1 Å². The van der Waals surface area contributed by atoms with Gasteiger partial charge in [-0.2, -0.15) is 5.26 Å². The van der Waals surface area contributed by atoms with Crippen LogP contribution in [-0.2, 0) is 9.59 Å². The average Bonchev–Trinajstić information content (AvgIpc) is 3.37. The molecule has 0 saturated heterocycles. The molecule has 0 atom stereocenters. The summed E-state index contributed by atoms with van der Waals surface area (Å²) in [6.07, 6.45) is 1.05. The van der Waals surface area contributed by atoms with Gasteiger partial charge in [-0.25, -0.2) is 0 Å². The van der Waals surface area contributed by atoms with Crippen molar-refractivity contribution in [3.05, 3.63) is 58.6 Å². The van der Waals surface area contributed by atoms with Crippen molar-refractivity contribution in [2.45, 2.75) is 12.8 Å². The van der Waals surface area contributed by atoms with Gasteiger partial charge >= 0.3 is 0 Å². The second-order valence-corrected chi connectivity index (χ2v) is 6.61. The molecular weight excluding hydrogens is 370 g/mol. The molecule has 2 N–H and O–H groups in total. The topological polar surface area (TPSA) is 82.0 Å². The molecule has 6 heteroatoms. The van der Waals surface area contributed by atoms with E-state index in [0.717, 1.165) is 4.47 Å². The highest BCUT2D eigenvalue weighted by molar-refractivity contribution is 9.10. The van der Waals surface area contributed by atoms with Gasteiger partial charge in [0.2, 0.25) is 11.8 Å². The molecule has 3 rings (SSSR count). The smallest absolute Gasteiger partial charge is 0.240 e. The van der Waals surface area contributed by atoms with Crippen LogP contribution in [0.1, 0.15) is 18.4 Å². The fraction of sp³-hybridized carbons (Fsp3) is 0.167. The molecule has 1 aliphatic carbocycles. The minimum absolute atomic E-state index is 0.299. The Morgan fingerprint density at radius 1 is 1.00 bits per heavy atom. The zero-order valence-electron chi connectivity index (χ0n) is 12.7. The fourth-order valence-corrected chi connectivity index (χ4v) is 2.78. The van der Waals surface area contributed by atoms with Crippen LogP contribution < -0.4 is 10.6 Å². The third-order valence-corrected chi connectivity index (χ3v) is 4.47. The van der Waals surface area contributed by atoms with Gasteiger partial charge in [0.05, 0.1) is 11.6 Å². The van der Waals surface area contributed by atoms with Gasteiger partial charge < -0.3 is 10.6 Å². The summed E-state index contributed by atoms with van der Waals surface area (Å²) in [4.78, 5) is 25.0. The van der Waals surface area contributed by atoms with E-state index in [1.54, 1.807) is 36.4 Å². The second kappa shape index (κ2) is 6.46. The number of carbonyl (C=O) groups is 2. The number of nitriles is 1. The van der Waals surface area contributed by atoms with E-state index in [0.29, 0.717) is 29.8 Å². The van der Waals surface area contributed by atoms with Gasteiger partial charge in [-0.3, -0.25) is 9.59 Å². The van der Waals surface area contributed by atoms with Gasteiger partial charge in [0, 0.05) is 15.8 Å². The Bertz CT molecular complexity index is 836. The number of halogens is 1. The molecular formula is C18H14BrN3O2. The molecule has 0 aromatic heterocycles. The van der Waals surface area contributed by atoms with Gasteiger partial charge in [0.25, 0.3) is 0 Å². The van der Waals surface area contributed by atoms with Crippen molar-refractivity contribution in [2.24, 2.45) is 5.41 Å². The van der Waals surface area contributed by atoms with Crippen molar-refractivity contribution < 1.29 is 9.59 Å². The Morgan fingerprint density at radius 2 is 1.62 bits per heavy atom. The Kier molecular flexibility index (Phi) is 4.36. The summed E-state index contributed by atoms with van der Waals surface area (Å²) in [5, 5.41) is 14.3. The Balaban J connectivity index is 1.69. The lowest BCUT2D eigenvalue weighted by Crippen LogP contribution is -2.35. The third-order valence-electron chi connectivity index (χ3n) is 3.97. The highest BCUT2D eigenvalue weighted by Crippen LogP contribution is 2.47. The Hall–Kier alpha value is -2.65. The van der Waals surface area contributed by atoms with Crippen molar-refractivity contribution in [1.29, 1.82) is 5.26 Å². The van der Waals surface area contributed by atoms with Crippen LogP contribution in [0.25, 0.3) is 0 Å². The monoisotopic (exact) mass is 383 g/mol. The average molecular weight is 384 g/mol. The molecule has 1 saturated carbocycles. The number of benzene rings is 2. The maximum atomic E-state index is 12.5. The molecule has 0 aliphatic heterocycles. The maximum absolute atomic E-state index is 12.5. The van der Waals surface area contributed by atoms with Crippen LogP contribution in [0.2, 0.25) is 0 Å². The predicted molar refractivity (Wildman–Crippen MR) is 94.2 cm³/mol. The number of hydrogen-bond donors (Lipinski definition) is 2. The van der Waals surface area contributed by atoms with E-state index in [-0.39, 0.29) is 11.8 Å². The first-order chi connectivity index (χ1) is 11.5. The molecule has 24 heavy (non-hydrogen) atoms. The number of rotatable bonds is 4. The molecule has 2 amide bonds. The quantitative estimate of drug-likeness (QED) is 0.789. The highest BCUT2D eigenvalue weighted by Gasteiger charge is 2.56. The van der Waals surface area contributed by atoms with Crippen molar-refractivity contribution in [2.75, 3.05) is 10.6 Å². The summed E-state index contributed by atoms with van der Waals surface area (Å²) in [6, 6.07) is 15.8. The van der Waals surface area contributed by atoms with Crippen molar-refractivity contribution in [3.8, 4) is 6.07 Å². The second-order valence-electron chi connectivity index (χ2n) is 5.69. The molecule has 0 unspecified atom stereocenters. The number of nitrogens with zero attached hydrogens (tertiary/aromatic N) is 1. The zero-order valence-corrected chi connectivity index (χ0v) is 14.3. The molecule has 5 nitrogen and oxygen atoms in total. The standard InChI is InChI=1S/C18H14BrN3O2/c19-13-2-1-3-15(10-13)22-17(24)18(8-9-18)16(23)21-14-6-4-12(11-20)5-7-14/h1-7,10H,8-9H2,(H,21,23)(H,22,24). The van der Waals surface area contributed by atoms with Crippen LogP contribution in [0.5, 0.6) is 0 Å². The molecule has 2 aromatic rings. The summed E-state index contributed by atoms with van der Waals surface area (Å²) >= 11 is 3.35. The van der Waals surface area contributed by atoms with Crippen LogP contribution in [0.4, 0.5) is 11.4 Å². The Labute approximate surface area is 147 Å². The SMILES string of the molecule is N#Cc1ccc(NC(=O)C2(C(=O)Nc3cccc(Br)c3)CC2)cc1. The van der Waals surface area contributed by atoms with Crippen LogP contribution in [0.3, 0.4) is 0 Å². The lowest BCUT2D eigenvalue weighted by molar-refractivity contribution is -0.131. The van der Waals surface area contributed by atoms with Crippen LogP contribution in [-0.4, -0.2) is 11.8 Å². The van der Waals surface area contributed by atoms with Gasteiger partial charge in [-0.15, -0.1) is 0 Å². The molecule has 1 fully saturated rings. The number of nitrogens with one attached hydrogen (secondary N) is 2. The number of carbonyl (C=O) groups excluding carboxylic acids is 2. The van der Waals surface area contributed by atoms with Gasteiger partial charge in [-0.05, 0) is 55.3 Å². The summed E-state index contributed by atoms with van der Waals surface area (Å²) in [7, 11) is 0. The molecule has 1 aliphatic rings. The van der Waals surface area contributed by atoms with E-state index < -0.39 is 5.41 Å². The van der Waals surface area contributed by atoms with Crippen LogP contribution >= 0.6 is 15.9 Å². The summed E-state index contributed by atoms with van der Waals surface area (Å²) < 4.78 is 0.854. The van der Waals surface area contributed by atoms with Crippen LogP contribution in [0.15, 0.2) is 53.0 Å². The highest BCUT2D eigenvalue weighted by atomic mass is 79.9. The molecule has 0 bridgehead atoms.